The average Bonchev–Trinajstić information content (AvgIpc) is 3.22. The van der Waals surface area contributed by atoms with Gasteiger partial charge in [0.25, 0.3) is 0 Å². The quantitative estimate of drug-likeness (QED) is 0.631. The number of anilines is 2. The van der Waals surface area contributed by atoms with E-state index in [4.69, 9.17) is 9.72 Å². The SMILES string of the molecule is COc1cc2c(cc1Nc1ncc3cnn(C4CCC(C)(CO)CC4)c3n1)CN(C)CC2. The smallest absolute Gasteiger partial charge is 0.229 e. The van der Waals surface area contributed by atoms with E-state index in [1.54, 1.807) is 7.11 Å². The summed E-state index contributed by atoms with van der Waals surface area (Å²) < 4.78 is 7.70. The van der Waals surface area contributed by atoms with Crippen LogP contribution in [0, 0.1) is 5.41 Å². The monoisotopic (exact) mass is 436 g/mol. The largest absolute Gasteiger partial charge is 0.495 e. The molecule has 0 unspecified atom stereocenters. The van der Waals surface area contributed by atoms with Gasteiger partial charge in [-0.3, -0.25) is 0 Å². The summed E-state index contributed by atoms with van der Waals surface area (Å²) in [4.78, 5) is 11.7. The van der Waals surface area contributed by atoms with Gasteiger partial charge in [0.2, 0.25) is 5.95 Å². The van der Waals surface area contributed by atoms with Gasteiger partial charge < -0.3 is 20.1 Å². The van der Waals surface area contributed by atoms with Crippen LogP contribution in [0.1, 0.15) is 49.8 Å². The summed E-state index contributed by atoms with van der Waals surface area (Å²) in [5.74, 6) is 1.35. The zero-order chi connectivity index (χ0) is 22.3. The molecule has 1 saturated carbocycles. The van der Waals surface area contributed by atoms with Crippen LogP contribution in [-0.4, -0.2) is 57.1 Å². The van der Waals surface area contributed by atoms with Crippen LogP contribution in [0.15, 0.2) is 24.5 Å². The Morgan fingerprint density at radius 2 is 2.03 bits per heavy atom. The van der Waals surface area contributed by atoms with Crippen molar-refractivity contribution in [1.82, 2.24) is 24.6 Å². The first-order valence-corrected chi connectivity index (χ1v) is 11.4. The lowest BCUT2D eigenvalue weighted by molar-refractivity contribution is 0.0815. The highest BCUT2D eigenvalue weighted by Crippen LogP contribution is 2.41. The van der Waals surface area contributed by atoms with Gasteiger partial charge in [0, 0.05) is 25.9 Å². The normalized spacial score (nSPS) is 23.8. The molecule has 1 aliphatic carbocycles. The van der Waals surface area contributed by atoms with E-state index in [1.807, 2.05) is 17.1 Å². The molecule has 2 aromatic heterocycles. The van der Waals surface area contributed by atoms with Crippen molar-refractivity contribution in [3.05, 3.63) is 35.7 Å². The third kappa shape index (κ3) is 3.93. The van der Waals surface area contributed by atoms with Crippen LogP contribution in [-0.2, 0) is 13.0 Å². The van der Waals surface area contributed by atoms with Crippen molar-refractivity contribution in [2.45, 2.75) is 51.6 Å². The maximum Gasteiger partial charge on any atom is 0.229 e. The Morgan fingerprint density at radius 3 is 2.78 bits per heavy atom. The highest BCUT2D eigenvalue weighted by atomic mass is 16.5. The molecule has 1 aromatic carbocycles. The molecule has 0 saturated heterocycles. The Balaban J connectivity index is 1.42. The minimum absolute atomic E-state index is 0.0260. The molecule has 2 aliphatic rings. The zero-order valence-electron chi connectivity index (χ0n) is 19.1. The van der Waals surface area contributed by atoms with Crippen molar-refractivity contribution in [1.29, 1.82) is 0 Å². The molecular formula is C24H32N6O2. The lowest BCUT2D eigenvalue weighted by atomic mass is 9.74. The summed E-state index contributed by atoms with van der Waals surface area (Å²) in [7, 11) is 3.84. The van der Waals surface area contributed by atoms with E-state index in [0.29, 0.717) is 12.0 Å². The van der Waals surface area contributed by atoms with E-state index >= 15 is 0 Å². The molecule has 32 heavy (non-hydrogen) atoms. The number of aliphatic hydroxyl groups excluding tert-OH is 1. The molecule has 0 radical (unpaired) electrons. The van der Waals surface area contributed by atoms with Gasteiger partial charge in [0.05, 0.1) is 30.4 Å². The summed E-state index contributed by atoms with van der Waals surface area (Å²) in [5, 5.41) is 18.6. The average molecular weight is 437 g/mol. The van der Waals surface area contributed by atoms with Gasteiger partial charge in [0.1, 0.15) is 5.75 Å². The highest BCUT2D eigenvalue weighted by molar-refractivity contribution is 5.76. The number of rotatable bonds is 5. The predicted octanol–water partition coefficient (Wildman–Crippen LogP) is 3.68. The summed E-state index contributed by atoms with van der Waals surface area (Å²) in [6, 6.07) is 4.59. The lowest BCUT2D eigenvalue weighted by Crippen LogP contribution is -2.29. The Kier molecular flexibility index (Phi) is 5.51. The fourth-order valence-corrected chi connectivity index (χ4v) is 4.98. The fraction of sp³-hybridized carbons (Fsp3) is 0.542. The molecule has 0 bridgehead atoms. The third-order valence-electron chi connectivity index (χ3n) is 7.20. The van der Waals surface area contributed by atoms with Crippen LogP contribution >= 0.6 is 0 Å². The minimum atomic E-state index is 0.0260. The lowest BCUT2D eigenvalue weighted by Gasteiger charge is -2.35. The van der Waals surface area contributed by atoms with Gasteiger partial charge >= 0.3 is 0 Å². The van der Waals surface area contributed by atoms with E-state index in [1.165, 1.54) is 11.1 Å². The second-order valence-corrected chi connectivity index (χ2v) is 9.70. The number of aromatic nitrogens is 4. The summed E-state index contributed by atoms with van der Waals surface area (Å²) >= 11 is 0. The van der Waals surface area contributed by atoms with Crippen LogP contribution in [0.4, 0.5) is 11.6 Å². The van der Waals surface area contributed by atoms with Gasteiger partial charge in [-0.1, -0.05) is 6.92 Å². The number of hydrogen-bond donors (Lipinski definition) is 2. The van der Waals surface area contributed by atoms with Gasteiger partial charge in [-0.15, -0.1) is 0 Å². The minimum Gasteiger partial charge on any atom is -0.495 e. The molecule has 1 fully saturated rings. The summed E-state index contributed by atoms with van der Waals surface area (Å²) in [5.41, 5.74) is 4.40. The number of fused-ring (bicyclic) bond motifs is 2. The molecule has 5 rings (SSSR count). The number of methoxy groups -OCH3 is 1. The van der Waals surface area contributed by atoms with E-state index < -0.39 is 0 Å². The molecule has 3 aromatic rings. The van der Waals surface area contributed by atoms with E-state index in [0.717, 1.165) is 67.7 Å². The van der Waals surface area contributed by atoms with Crippen molar-refractivity contribution in [3.8, 4) is 5.75 Å². The van der Waals surface area contributed by atoms with E-state index in [9.17, 15) is 5.11 Å². The van der Waals surface area contributed by atoms with Crippen LogP contribution < -0.4 is 10.1 Å². The molecule has 0 amide bonds. The molecule has 2 N–H and O–H groups in total. The first kappa shape index (κ1) is 21.2. The Morgan fingerprint density at radius 1 is 1.22 bits per heavy atom. The van der Waals surface area contributed by atoms with E-state index in [2.05, 4.69) is 46.4 Å². The summed E-state index contributed by atoms with van der Waals surface area (Å²) in [6.45, 7) is 4.40. The van der Waals surface area contributed by atoms with Gasteiger partial charge in [-0.25, -0.2) is 9.67 Å². The van der Waals surface area contributed by atoms with Crippen LogP contribution in [0.3, 0.4) is 0 Å². The molecule has 0 atom stereocenters. The zero-order valence-corrected chi connectivity index (χ0v) is 19.1. The molecular weight excluding hydrogens is 404 g/mol. The van der Waals surface area contributed by atoms with Crippen molar-refractivity contribution in [2.24, 2.45) is 5.41 Å². The maximum atomic E-state index is 9.68. The molecule has 0 spiro atoms. The number of ether oxygens (including phenoxy) is 1. The first-order chi connectivity index (χ1) is 15.5. The third-order valence-corrected chi connectivity index (χ3v) is 7.20. The number of hydrogen-bond acceptors (Lipinski definition) is 7. The maximum absolute atomic E-state index is 9.68. The van der Waals surface area contributed by atoms with Crippen LogP contribution in [0.5, 0.6) is 5.75 Å². The number of aliphatic hydroxyl groups is 1. The van der Waals surface area contributed by atoms with Gasteiger partial charge in [-0.05, 0) is 67.8 Å². The molecule has 8 nitrogen and oxygen atoms in total. The first-order valence-electron chi connectivity index (χ1n) is 11.4. The van der Waals surface area contributed by atoms with Gasteiger partial charge in [-0.2, -0.15) is 10.1 Å². The molecule has 3 heterocycles. The van der Waals surface area contributed by atoms with E-state index in [-0.39, 0.29) is 12.0 Å². The van der Waals surface area contributed by atoms with Crippen molar-refractivity contribution in [3.63, 3.8) is 0 Å². The standard InChI is InChI=1S/C24H32N6O2/c1-24(15-31)7-4-19(5-8-24)30-22-18(13-26-30)12-25-23(28-22)27-20-10-17-14-29(2)9-6-16(17)11-21(20)32-3/h10-13,19,31H,4-9,14-15H2,1-3H3,(H,25,27,28). The van der Waals surface area contributed by atoms with Crippen molar-refractivity contribution < 1.29 is 9.84 Å². The van der Waals surface area contributed by atoms with Crippen LogP contribution in [0.2, 0.25) is 0 Å². The van der Waals surface area contributed by atoms with Gasteiger partial charge in [0.15, 0.2) is 5.65 Å². The molecule has 170 valence electrons. The Labute approximate surface area is 188 Å². The fourth-order valence-electron chi connectivity index (χ4n) is 4.98. The molecule has 8 heteroatoms. The van der Waals surface area contributed by atoms with Crippen molar-refractivity contribution in [2.75, 3.05) is 32.6 Å². The second-order valence-electron chi connectivity index (χ2n) is 9.70. The highest BCUT2D eigenvalue weighted by Gasteiger charge is 2.32. The number of nitrogens with one attached hydrogen (secondary N) is 1. The predicted molar refractivity (Wildman–Crippen MR) is 124 cm³/mol. The Bertz CT molecular complexity index is 1120. The van der Waals surface area contributed by atoms with Crippen LogP contribution in [0.25, 0.3) is 11.0 Å². The number of likely N-dealkylation sites (N-methyl/N-ethyl adjacent to an activating group) is 1. The summed E-state index contributed by atoms with van der Waals surface area (Å²) in [6.07, 6.45) is 8.67. The Hall–Kier alpha value is -2.71. The number of benzene rings is 1. The topological polar surface area (TPSA) is 88.3 Å². The second kappa shape index (κ2) is 8.33. The molecule has 1 aliphatic heterocycles. The number of nitrogens with zero attached hydrogens (tertiary/aromatic N) is 5. The van der Waals surface area contributed by atoms with Crippen molar-refractivity contribution >= 4 is 22.7 Å².